The molecule has 1 aromatic rings. The predicted molar refractivity (Wildman–Crippen MR) is 85.4 cm³/mol. The van der Waals surface area contributed by atoms with E-state index in [-0.39, 0.29) is 6.10 Å². The summed E-state index contributed by atoms with van der Waals surface area (Å²) in [4.78, 5) is 0. The van der Waals surface area contributed by atoms with Crippen LogP contribution in [-0.2, 0) is 6.54 Å². The summed E-state index contributed by atoms with van der Waals surface area (Å²) in [7, 11) is 0. The monoisotopic (exact) mass is 293 g/mol. The van der Waals surface area contributed by atoms with Crippen LogP contribution < -0.4 is 10.1 Å². The van der Waals surface area contributed by atoms with Crippen molar-refractivity contribution < 1.29 is 4.74 Å². The molecule has 1 aliphatic rings. The standard InChI is InChI=1S/C17H24ClNO/c1-13(2)11-19-12-15-16(18)9-6-10-17(15)20-14-7-4-3-5-8-14/h4,6-7,9-10,13-14,19H,3,5,8,11-12H2,1-2H3. The minimum atomic E-state index is 0.186. The second-order valence-electron chi connectivity index (χ2n) is 5.76. The van der Waals surface area contributed by atoms with Crippen molar-refractivity contribution in [1.82, 2.24) is 5.32 Å². The molecule has 20 heavy (non-hydrogen) atoms. The highest BCUT2D eigenvalue weighted by Crippen LogP contribution is 2.28. The van der Waals surface area contributed by atoms with Crippen molar-refractivity contribution in [2.45, 2.75) is 45.8 Å². The zero-order chi connectivity index (χ0) is 14.4. The molecule has 0 aliphatic heterocycles. The normalized spacial score (nSPS) is 18.5. The molecule has 0 saturated heterocycles. The highest BCUT2D eigenvalue weighted by molar-refractivity contribution is 6.31. The van der Waals surface area contributed by atoms with E-state index in [1.165, 1.54) is 6.42 Å². The Kier molecular flexibility index (Phi) is 5.93. The maximum atomic E-state index is 6.32. The molecule has 0 saturated carbocycles. The fourth-order valence-corrected chi connectivity index (χ4v) is 2.58. The van der Waals surface area contributed by atoms with Crippen LogP contribution in [-0.4, -0.2) is 12.6 Å². The quantitative estimate of drug-likeness (QED) is 0.776. The molecule has 1 N–H and O–H groups in total. The number of hydrogen-bond donors (Lipinski definition) is 1. The Morgan fingerprint density at radius 1 is 1.40 bits per heavy atom. The minimum absolute atomic E-state index is 0.186. The molecule has 3 heteroatoms. The summed E-state index contributed by atoms with van der Waals surface area (Å²) in [5, 5.41) is 4.21. The lowest BCUT2D eigenvalue weighted by molar-refractivity contribution is 0.227. The molecule has 2 rings (SSSR count). The van der Waals surface area contributed by atoms with E-state index in [4.69, 9.17) is 16.3 Å². The van der Waals surface area contributed by atoms with E-state index in [1.807, 2.05) is 18.2 Å². The molecular formula is C17H24ClNO. The minimum Gasteiger partial charge on any atom is -0.486 e. The summed E-state index contributed by atoms with van der Waals surface area (Å²) in [6, 6.07) is 5.90. The number of rotatable bonds is 6. The van der Waals surface area contributed by atoms with Gasteiger partial charge < -0.3 is 10.1 Å². The number of hydrogen-bond acceptors (Lipinski definition) is 2. The molecule has 0 spiro atoms. The molecule has 1 atom stereocenters. The molecule has 0 fully saturated rings. The number of nitrogens with one attached hydrogen (secondary N) is 1. The first kappa shape index (κ1) is 15.4. The van der Waals surface area contributed by atoms with Gasteiger partial charge in [0.15, 0.2) is 0 Å². The van der Waals surface area contributed by atoms with Gasteiger partial charge in [0.2, 0.25) is 0 Å². The average molecular weight is 294 g/mol. The lowest BCUT2D eigenvalue weighted by Crippen LogP contribution is -2.21. The van der Waals surface area contributed by atoms with Gasteiger partial charge in [0, 0.05) is 17.1 Å². The Morgan fingerprint density at radius 2 is 2.25 bits per heavy atom. The van der Waals surface area contributed by atoms with Crippen molar-refractivity contribution >= 4 is 11.6 Å². The Bertz CT molecular complexity index is 456. The zero-order valence-electron chi connectivity index (χ0n) is 12.4. The van der Waals surface area contributed by atoms with Crippen LogP contribution in [0.25, 0.3) is 0 Å². The third-order valence-electron chi connectivity index (χ3n) is 3.42. The van der Waals surface area contributed by atoms with Gasteiger partial charge >= 0.3 is 0 Å². The van der Waals surface area contributed by atoms with Crippen LogP contribution in [0.5, 0.6) is 5.75 Å². The summed E-state index contributed by atoms with van der Waals surface area (Å²) in [5.74, 6) is 1.54. The van der Waals surface area contributed by atoms with E-state index in [1.54, 1.807) is 0 Å². The van der Waals surface area contributed by atoms with Crippen molar-refractivity contribution in [3.05, 3.63) is 40.9 Å². The van der Waals surface area contributed by atoms with Crippen LogP contribution in [0.15, 0.2) is 30.4 Å². The number of allylic oxidation sites excluding steroid dienone is 1. The Morgan fingerprint density at radius 3 is 2.95 bits per heavy atom. The molecule has 0 heterocycles. The Balaban J connectivity index is 2.05. The van der Waals surface area contributed by atoms with Gasteiger partial charge in [-0.25, -0.2) is 0 Å². The van der Waals surface area contributed by atoms with Crippen LogP contribution in [0.3, 0.4) is 0 Å². The van der Waals surface area contributed by atoms with Gasteiger partial charge in [-0.3, -0.25) is 0 Å². The second-order valence-corrected chi connectivity index (χ2v) is 6.16. The van der Waals surface area contributed by atoms with Crippen molar-refractivity contribution in [3.63, 3.8) is 0 Å². The summed E-state index contributed by atoms with van der Waals surface area (Å²) >= 11 is 6.32. The summed E-state index contributed by atoms with van der Waals surface area (Å²) in [6.45, 7) is 6.13. The largest absolute Gasteiger partial charge is 0.486 e. The Hall–Kier alpha value is -0.990. The van der Waals surface area contributed by atoms with E-state index in [0.717, 1.165) is 42.3 Å². The average Bonchev–Trinajstić information content (AvgIpc) is 2.43. The van der Waals surface area contributed by atoms with Gasteiger partial charge in [0.05, 0.1) is 0 Å². The van der Waals surface area contributed by atoms with E-state index < -0.39 is 0 Å². The molecule has 0 aromatic heterocycles. The van der Waals surface area contributed by atoms with Crippen molar-refractivity contribution in [3.8, 4) is 5.75 Å². The third-order valence-corrected chi connectivity index (χ3v) is 3.77. The maximum Gasteiger partial charge on any atom is 0.126 e. The SMILES string of the molecule is CC(C)CNCc1c(Cl)cccc1OC1C=CCCC1. The molecular weight excluding hydrogens is 270 g/mol. The van der Waals surface area contributed by atoms with Crippen molar-refractivity contribution in [1.29, 1.82) is 0 Å². The van der Waals surface area contributed by atoms with Gasteiger partial charge in [-0.2, -0.15) is 0 Å². The lowest BCUT2D eigenvalue weighted by Gasteiger charge is -2.21. The lowest BCUT2D eigenvalue weighted by atomic mass is 10.1. The van der Waals surface area contributed by atoms with E-state index >= 15 is 0 Å². The number of halogens is 1. The number of ether oxygens (including phenoxy) is 1. The van der Waals surface area contributed by atoms with Gasteiger partial charge in [-0.1, -0.05) is 37.6 Å². The maximum absolute atomic E-state index is 6.32. The third kappa shape index (κ3) is 4.53. The summed E-state index contributed by atoms with van der Waals surface area (Å²) in [5.41, 5.74) is 1.06. The summed E-state index contributed by atoms with van der Waals surface area (Å²) < 4.78 is 6.11. The first-order valence-electron chi connectivity index (χ1n) is 7.48. The van der Waals surface area contributed by atoms with Crippen LogP contribution in [0.1, 0.15) is 38.7 Å². The van der Waals surface area contributed by atoms with Crippen LogP contribution in [0.2, 0.25) is 5.02 Å². The van der Waals surface area contributed by atoms with Gasteiger partial charge in [0.1, 0.15) is 11.9 Å². The smallest absolute Gasteiger partial charge is 0.126 e. The molecule has 2 nitrogen and oxygen atoms in total. The Labute approximate surface area is 127 Å². The molecule has 0 radical (unpaired) electrons. The summed E-state index contributed by atoms with van der Waals surface area (Å²) in [6.07, 6.45) is 8.00. The first-order chi connectivity index (χ1) is 9.66. The first-order valence-corrected chi connectivity index (χ1v) is 7.86. The topological polar surface area (TPSA) is 21.3 Å². The molecule has 1 aromatic carbocycles. The zero-order valence-corrected chi connectivity index (χ0v) is 13.1. The van der Waals surface area contributed by atoms with Crippen LogP contribution in [0, 0.1) is 5.92 Å². The molecule has 1 aliphatic carbocycles. The highest BCUT2D eigenvalue weighted by atomic mass is 35.5. The second kappa shape index (κ2) is 7.70. The molecule has 0 amide bonds. The van der Waals surface area contributed by atoms with Gasteiger partial charge in [-0.05, 0) is 49.9 Å². The van der Waals surface area contributed by atoms with Gasteiger partial charge in [-0.15, -0.1) is 0 Å². The predicted octanol–water partition coefficient (Wildman–Crippen LogP) is 4.57. The van der Waals surface area contributed by atoms with Crippen molar-refractivity contribution in [2.75, 3.05) is 6.54 Å². The van der Waals surface area contributed by atoms with Crippen molar-refractivity contribution in [2.24, 2.45) is 5.92 Å². The van der Waals surface area contributed by atoms with E-state index in [2.05, 4.69) is 31.3 Å². The molecule has 110 valence electrons. The molecule has 1 unspecified atom stereocenters. The number of benzene rings is 1. The molecule has 0 bridgehead atoms. The fraction of sp³-hybridized carbons (Fsp3) is 0.529. The fourth-order valence-electron chi connectivity index (χ4n) is 2.35. The van der Waals surface area contributed by atoms with E-state index in [0.29, 0.717) is 5.92 Å². The van der Waals surface area contributed by atoms with Crippen LogP contribution in [0.4, 0.5) is 0 Å². The van der Waals surface area contributed by atoms with Gasteiger partial charge in [0.25, 0.3) is 0 Å². The van der Waals surface area contributed by atoms with E-state index in [9.17, 15) is 0 Å². The highest BCUT2D eigenvalue weighted by Gasteiger charge is 2.14. The van der Waals surface area contributed by atoms with Crippen LogP contribution >= 0.6 is 11.6 Å².